The van der Waals surface area contributed by atoms with Crippen molar-refractivity contribution in [2.45, 2.75) is 13.5 Å². The first kappa shape index (κ1) is 11.9. The lowest BCUT2D eigenvalue weighted by molar-refractivity contribution is 0.712. The van der Waals surface area contributed by atoms with Crippen molar-refractivity contribution in [3.05, 3.63) is 57.5 Å². The minimum Gasteiger partial charge on any atom is -0.306 e. The van der Waals surface area contributed by atoms with E-state index in [0.29, 0.717) is 22.9 Å². The highest BCUT2D eigenvalue weighted by Crippen LogP contribution is 2.04. The molecule has 0 aliphatic rings. The Morgan fingerprint density at radius 1 is 1.26 bits per heavy atom. The quantitative estimate of drug-likeness (QED) is 0.707. The largest absolute Gasteiger partial charge is 0.306 e. The summed E-state index contributed by atoms with van der Waals surface area (Å²) in [7, 11) is 0. The van der Waals surface area contributed by atoms with E-state index in [4.69, 9.17) is 11.6 Å². The fourth-order valence-electron chi connectivity index (χ4n) is 1.88. The summed E-state index contributed by atoms with van der Waals surface area (Å²) in [4.78, 5) is 12.2. The van der Waals surface area contributed by atoms with Gasteiger partial charge in [-0.15, -0.1) is 5.10 Å². The lowest BCUT2D eigenvalue weighted by Crippen LogP contribution is -2.22. The van der Waals surface area contributed by atoms with Crippen molar-refractivity contribution in [3.8, 4) is 0 Å². The number of hydrogen-bond donors (Lipinski definition) is 0. The van der Waals surface area contributed by atoms with Gasteiger partial charge >= 0.3 is 0 Å². The highest BCUT2D eigenvalue weighted by molar-refractivity contribution is 6.29. The Hall–Kier alpha value is -2.21. The second-order valence-electron chi connectivity index (χ2n) is 4.19. The van der Waals surface area contributed by atoms with Crippen molar-refractivity contribution in [2.75, 3.05) is 0 Å². The number of halogens is 1. The lowest BCUT2D eigenvalue weighted by atomic mass is 10.3. The predicted octanol–water partition coefficient (Wildman–Crippen LogP) is 1.30. The zero-order valence-corrected chi connectivity index (χ0v) is 10.9. The van der Waals surface area contributed by atoms with E-state index in [2.05, 4.69) is 15.3 Å². The maximum atomic E-state index is 12.2. The Bertz CT molecular complexity index is 790. The van der Waals surface area contributed by atoms with Gasteiger partial charge in [0.2, 0.25) is 0 Å². The molecule has 0 unspecified atom stereocenters. The maximum Gasteiger partial charge on any atom is 0.276 e. The van der Waals surface area contributed by atoms with Crippen LogP contribution in [0.1, 0.15) is 11.4 Å². The van der Waals surface area contributed by atoms with E-state index in [1.54, 1.807) is 39.7 Å². The Morgan fingerprint density at radius 3 is 2.84 bits per heavy atom. The van der Waals surface area contributed by atoms with Gasteiger partial charge in [0.05, 0.1) is 17.9 Å². The molecular formula is C12H10ClN5O. The first-order valence-corrected chi connectivity index (χ1v) is 6.05. The van der Waals surface area contributed by atoms with Crippen LogP contribution in [-0.4, -0.2) is 24.4 Å². The number of aryl methyl sites for hydroxylation is 1. The highest BCUT2D eigenvalue weighted by atomic mass is 35.5. The van der Waals surface area contributed by atoms with Crippen LogP contribution in [0.4, 0.5) is 0 Å². The molecule has 6 nitrogen and oxygen atoms in total. The van der Waals surface area contributed by atoms with Crippen molar-refractivity contribution in [2.24, 2.45) is 0 Å². The molecule has 7 heteroatoms. The molecule has 0 radical (unpaired) electrons. The first-order valence-electron chi connectivity index (χ1n) is 5.67. The third-order valence-electron chi connectivity index (χ3n) is 2.75. The standard InChI is InChI=1S/C12H10ClN5O/c1-8-6-10-12(19)17(4-5-18(10)16-8)7-9-2-3-11(13)15-14-9/h2-6H,7H2,1H3. The van der Waals surface area contributed by atoms with E-state index in [1.807, 2.05) is 6.92 Å². The molecular weight excluding hydrogens is 266 g/mol. The van der Waals surface area contributed by atoms with Crippen LogP contribution in [0.25, 0.3) is 5.52 Å². The molecule has 3 aromatic rings. The van der Waals surface area contributed by atoms with Gasteiger partial charge in [0.25, 0.3) is 5.56 Å². The van der Waals surface area contributed by atoms with Crippen LogP contribution in [0.2, 0.25) is 5.15 Å². The van der Waals surface area contributed by atoms with E-state index in [-0.39, 0.29) is 5.56 Å². The Balaban J connectivity index is 2.03. The van der Waals surface area contributed by atoms with E-state index in [1.165, 1.54) is 0 Å². The zero-order valence-electron chi connectivity index (χ0n) is 10.1. The van der Waals surface area contributed by atoms with Gasteiger partial charge in [-0.25, -0.2) is 4.52 Å². The van der Waals surface area contributed by atoms with Gasteiger partial charge in [0.1, 0.15) is 5.52 Å². The smallest absolute Gasteiger partial charge is 0.276 e. The summed E-state index contributed by atoms with van der Waals surface area (Å²) in [6, 6.07) is 5.15. The average Bonchev–Trinajstić information content (AvgIpc) is 2.77. The molecule has 19 heavy (non-hydrogen) atoms. The van der Waals surface area contributed by atoms with Crippen LogP contribution in [0, 0.1) is 6.92 Å². The van der Waals surface area contributed by atoms with Gasteiger partial charge in [-0.2, -0.15) is 10.2 Å². The third-order valence-corrected chi connectivity index (χ3v) is 2.95. The number of nitrogens with zero attached hydrogens (tertiary/aromatic N) is 5. The van der Waals surface area contributed by atoms with Crippen molar-refractivity contribution in [1.29, 1.82) is 0 Å². The Kier molecular flexibility index (Phi) is 2.79. The number of fused-ring (bicyclic) bond motifs is 1. The summed E-state index contributed by atoms with van der Waals surface area (Å²) in [5.41, 5.74) is 1.91. The number of rotatable bonds is 2. The summed E-state index contributed by atoms with van der Waals surface area (Å²) in [6.07, 6.45) is 3.42. The fraction of sp³-hybridized carbons (Fsp3) is 0.167. The Morgan fingerprint density at radius 2 is 2.11 bits per heavy atom. The van der Waals surface area contributed by atoms with E-state index in [9.17, 15) is 4.79 Å². The third kappa shape index (κ3) is 2.22. The molecule has 0 amide bonds. The summed E-state index contributed by atoms with van der Waals surface area (Å²) >= 11 is 5.67. The minimum absolute atomic E-state index is 0.111. The molecule has 3 rings (SSSR count). The van der Waals surface area contributed by atoms with Crippen molar-refractivity contribution < 1.29 is 0 Å². The molecule has 0 saturated carbocycles. The van der Waals surface area contributed by atoms with Crippen LogP contribution < -0.4 is 5.56 Å². The van der Waals surface area contributed by atoms with Crippen LogP contribution in [0.5, 0.6) is 0 Å². The van der Waals surface area contributed by atoms with E-state index in [0.717, 1.165) is 5.69 Å². The predicted molar refractivity (Wildman–Crippen MR) is 70.3 cm³/mol. The second kappa shape index (κ2) is 4.47. The van der Waals surface area contributed by atoms with Gasteiger partial charge in [0, 0.05) is 12.4 Å². The molecule has 0 saturated heterocycles. The van der Waals surface area contributed by atoms with Gasteiger partial charge in [-0.3, -0.25) is 4.79 Å². The molecule has 3 heterocycles. The Labute approximate surface area is 113 Å². The van der Waals surface area contributed by atoms with Crippen LogP contribution in [-0.2, 0) is 6.54 Å². The van der Waals surface area contributed by atoms with Gasteiger partial charge < -0.3 is 4.57 Å². The second-order valence-corrected chi connectivity index (χ2v) is 4.58. The molecule has 96 valence electrons. The first-order chi connectivity index (χ1) is 9.13. The SMILES string of the molecule is Cc1cc2c(=O)n(Cc3ccc(Cl)nn3)ccn2n1. The molecule has 0 bridgehead atoms. The fourth-order valence-corrected chi connectivity index (χ4v) is 1.98. The average molecular weight is 276 g/mol. The molecule has 0 fully saturated rings. The topological polar surface area (TPSA) is 65.1 Å². The summed E-state index contributed by atoms with van der Waals surface area (Å²) in [6.45, 7) is 2.20. The molecule has 0 atom stereocenters. The monoisotopic (exact) mass is 275 g/mol. The van der Waals surface area contributed by atoms with Crippen LogP contribution in [0.15, 0.2) is 35.4 Å². The van der Waals surface area contributed by atoms with Crippen molar-refractivity contribution in [3.63, 3.8) is 0 Å². The number of hydrogen-bond acceptors (Lipinski definition) is 4. The van der Waals surface area contributed by atoms with Crippen molar-refractivity contribution in [1.82, 2.24) is 24.4 Å². The molecule has 0 aliphatic heterocycles. The van der Waals surface area contributed by atoms with Gasteiger partial charge in [0.15, 0.2) is 5.15 Å². The van der Waals surface area contributed by atoms with Crippen molar-refractivity contribution >= 4 is 17.1 Å². The number of aromatic nitrogens is 5. The molecule has 0 aromatic carbocycles. The van der Waals surface area contributed by atoms with Crippen LogP contribution >= 0.6 is 11.6 Å². The molecule has 0 spiro atoms. The summed E-state index contributed by atoms with van der Waals surface area (Å²) < 4.78 is 3.13. The van der Waals surface area contributed by atoms with Crippen LogP contribution in [0.3, 0.4) is 0 Å². The van der Waals surface area contributed by atoms with E-state index >= 15 is 0 Å². The normalized spacial score (nSPS) is 11.1. The summed E-state index contributed by atoms with van der Waals surface area (Å²) in [5.74, 6) is 0. The molecule has 3 aromatic heterocycles. The summed E-state index contributed by atoms with van der Waals surface area (Å²) in [5, 5.41) is 12.2. The van der Waals surface area contributed by atoms with E-state index < -0.39 is 0 Å². The molecule has 0 aliphatic carbocycles. The molecule has 0 N–H and O–H groups in total. The van der Waals surface area contributed by atoms with Gasteiger partial charge in [-0.1, -0.05) is 11.6 Å². The highest BCUT2D eigenvalue weighted by Gasteiger charge is 2.06. The maximum absolute atomic E-state index is 12.2. The lowest BCUT2D eigenvalue weighted by Gasteiger charge is -2.04. The van der Waals surface area contributed by atoms with Gasteiger partial charge in [-0.05, 0) is 25.1 Å². The zero-order chi connectivity index (χ0) is 13.4. The minimum atomic E-state index is -0.111.